The summed E-state index contributed by atoms with van der Waals surface area (Å²) >= 11 is 0. The first-order valence-electron chi connectivity index (χ1n) is 7.91. The van der Waals surface area contributed by atoms with E-state index in [0.29, 0.717) is 18.7 Å². The van der Waals surface area contributed by atoms with Crippen LogP contribution >= 0.6 is 12.4 Å². The number of imidazole rings is 1. The lowest BCUT2D eigenvalue weighted by molar-refractivity contribution is -0.116. The minimum Gasteiger partial charge on any atom is -0.351 e. The highest BCUT2D eigenvalue weighted by molar-refractivity contribution is 5.91. The molecule has 24 heavy (non-hydrogen) atoms. The molecule has 0 unspecified atom stereocenters. The number of amides is 1. The van der Waals surface area contributed by atoms with Gasteiger partial charge in [0.05, 0.1) is 0 Å². The van der Waals surface area contributed by atoms with Crippen LogP contribution in [0.1, 0.15) is 31.2 Å². The Labute approximate surface area is 148 Å². The number of aromatic nitrogens is 2. The zero-order chi connectivity index (χ0) is 16.5. The van der Waals surface area contributed by atoms with Crippen molar-refractivity contribution in [1.29, 1.82) is 0 Å². The number of halogens is 2. The quantitative estimate of drug-likeness (QED) is 0.738. The van der Waals surface area contributed by atoms with Gasteiger partial charge in [-0.1, -0.05) is 31.5 Å². The van der Waals surface area contributed by atoms with E-state index in [1.807, 2.05) is 6.20 Å². The molecule has 0 saturated carbocycles. The summed E-state index contributed by atoms with van der Waals surface area (Å²) in [6, 6.07) is 6.35. The first-order valence-corrected chi connectivity index (χ1v) is 7.91. The van der Waals surface area contributed by atoms with Crippen molar-refractivity contribution in [2.24, 2.45) is 0 Å². The van der Waals surface area contributed by atoms with Crippen molar-refractivity contribution in [1.82, 2.24) is 14.9 Å². The van der Waals surface area contributed by atoms with Crippen LogP contribution in [0.25, 0.3) is 6.08 Å². The van der Waals surface area contributed by atoms with Crippen molar-refractivity contribution in [2.75, 3.05) is 6.54 Å². The fourth-order valence-corrected chi connectivity index (χ4v) is 2.24. The predicted molar refractivity (Wildman–Crippen MR) is 96.5 cm³/mol. The highest BCUT2D eigenvalue weighted by atomic mass is 35.5. The van der Waals surface area contributed by atoms with Crippen LogP contribution in [-0.4, -0.2) is 22.0 Å². The van der Waals surface area contributed by atoms with Gasteiger partial charge in [0.2, 0.25) is 5.91 Å². The fourth-order valence-electron chi connectivity index (χ4n) is 2.24. The Kier molecular flexibility index (Phi) is 8.79. The van der Waals surface area contributed by atoms with Gasteiger partial charge in [0.25, 0.3) is 0 Å². The minimum absolute atomic E-state index is 0. The number of nitrogens with zero attached hydrogens (tertiary/aromatic N) is 2. The summed E-state index contributed by atoms with van der Waals surface area (Å²) in [7, 11) is 0. The molecule has 0 bridgehead atoms. The third-order valence-corrected chi connectivity index (χ3v) is 3.53. The molecule has 1 aromatic carbocycles. The van der Waals surface area contributed by atoms with Gasteiger partial charge < -0.3 is 9.88 Å². The monoisotopic (exact) mass is 351 g/mol. The Hall–Kier alpha value is -2.14. The highest BCUT2D eigenvalue weighted by Gasteiger charge is 2.03. The second kappa shape index (κ2) is 10.6. The molecule has 6 heteroatoms. The zero-order valence-corrected chi connectivity index (χ0v) is 14.6. The van der Waals surface area contributed by atoms with Gasteiger partial charge in [-0.05, 0) is 18.6 Å². The molecule has 0 spiro atoms. The van der Waals surface area contributed by atoms with Crippen LogP contribution < -0.4 is 5.32 Å². The summed E-state index contributed by atoms with van der Waals surface area (Å²) < 4.78 is 15.5. The highest BCUT2D eigenvalue weighted by Crippen LogP contribution is 2.07. The molecule has 130 valence electrons. The van der Waals surface area contributed by atoms with Crippen molar-refractivity contribution < 1.29 is 9.18 Å². The van der Waals surface area contributed by atoms with E-state index in [-0.39, 0.29) is 24.1 Å². The minimum atomic E-state index is -0.337. The molecule has 1 heterocycles. The lowest BCUT2D eigenvalue weighted by Crippen LogP contribution is -2.25. The molecule has 1 amide bonds. The number of carbonyl (C=O) groups excluding carboxylic acids is 1. The molecular formula is C18H23ClFN3O. The molecular weight excluding hydrogens is 329 g/mol. The SMILES string of the molecule is CCCCc1nccn1CCNC(=O)/C=C/c1ccccc1F.Cl. The summed E-state index contributed by atoms with van der Waals surface area (Å²) in [4.78, 5) is 16.1. The largest absolute Gasteiger partial charge is 0.351 e. The topological polar surface area (TPSA) is 46.9 Å². The summed E-state index contributed by atoms with van der Waals surface area (Å²) in [6.07, 6.45) is 9.72. The van der Waals surface area contributed by atoms with Crippen LogP contribution in [0.2, 0.25) is 0 Å². The normalized spacial score (nSPS) is 10.6. The molecule has 0 radical (unpaired) electrons. The van der Waals surface area contributed by atoms with E-state index in [4.69, 9.17) is 0 Å². The lowest BCUT2D eigenvalue weighted by Gasteiger charge is -2.07. The van der Waals surface area contributed by atoms with Crippen LogP contribution in [-0.2, 0) is 17.8 Å². The van der Waals surface area contributed by atoms with E-state index in [2.05, 4.69) is 21.8 Å². The fraction of sp³-hybridized carbons (Fsp3) is 0.333. The van der Waals surface area contributed by atoms with Crippen molar-refractivity contribution in [2.45, 2.75) is 32.7 Å². The van der Waals surface area contributed by atoms with Crippen LogP contribution in [0.3, 0.4) is 0 Å². The van der Waals surface area contributed by atoms with Gasteiger partial charge in [-0.3, -0.25) is 4.79 Å². The van der Waals surface area contributed by atoms with E-state index in [0.717, 1.165) is 25.1 Å². The molecule has 0 aliphatic carbocycles. The molecule has 0 aliphatic heterocycles. The number of benzene rings is 1. The van der Waals surface area contributed by atoms with Crippen molar-refractivity contribution in [3.63, 3.8) is 0 Å². The van der Waals surface area contributed by atoms with Gasteiger partial charge in [0, 0.05) is 43.5 Å². The Morgan fingerprint density at radius 1 is 1.38 bits per heavy atom. The Morgan fingerprint density at radius 3 is 2.92 bits per heavy atom. The van der Waals surface area contributed by atoms with E-state index < -0.39 is 0 Å². The third-order valence-electron chi connectivity index (χ3n) is 3.53. The number of carbonyl (C=O) groups is 1. The smallest absolute Gasteiger partial charge is 0.244 e. The summed E-state index contributed by atoms with van der Waals surface area (Å²) in [6.45, 7) is 3.34. The molecule has 1 aromatic heterocycles. The Balaban J connectivity index is 0.00000288. The lowest BCUT2D eigenvalue weighted by atomic mass is 10.2. The average molecular weight is 352 g/mol. The van der Waals surface area contributed by atoms with Crippen LogP contribution in [0.5, 0.6) is 0 Å². The number of nitrogens with one attached hydrogen (secondary N) is 1. The van der Waals surface area contributed by atoms with Gasteiger partial charge in [-0.25, -0.2) is 9.37 Å². The van der Waals surface area contributed by atoms with E-state index in [1.165, 1.54) is 18.2 Å². The van der Waals surface area contributed by atoms with Crippen LogP contribution in [0.15, 0.2) is 42.7 Å². The summed E-state index contributed by atoms with van der Waals surface area (Å²) in [5, 5.41) is 2.80. The van der Waals surface area contributed by atoms with E-state index in [1.54, 1.807) is 24.4 Å². The van der Waals surface area contributed by atoms with Gasteiger partial charge in [0.1, 0.15) is 11.6 Å². The first kappa shape index (κ1) is 19.9. The number of aryl methyl sites for hydroxylation is 1. The van der Waals surface area contributed by atoms with Gasteiger partial charge >= 0.3 is 0 Å². The molecule has 0 saturated heterocycles. The van der Waals surface area contributed by atoms with Crippen molar-refractivity contribution in [3.8, 4) is 0 Å². The van der Waals surface area contributed by atoms with Gasteiger partial charge in [-0.15, -0.1) is 12.4 Å². The van der Waals surface area contributed by atoms with Crippen molar-refractivity contribution >= 4 is 24.4 Å². The molecule has 1 N–H and O–H groups in total. The molecule has 0 atom stereocenters. The van der Waals surface area contributed by atoms with Crippen LogP contribution in [0, 0.1) is 5.82 Å². The molecule has 2 rings (SSSR count). The first-order chi connectivity index (χ1) is 11.2. The Bertz CT molecular complexity index is 670. The average Bonchev–Trinajstić information content (AvgIpc) is 2.99. The van der Waals surface area contributed by atoms with Gasteiger partial charge in [0.15, 0.2) is 0 Å². The number of hydrogen-bond acceptors (Lipinski definition) is 2. The van der Waals surface area contributed by atoms with E-state index in [9.17, 15) is 9.18 Å². The summed E-state index contributed by atoms with van der Waals surface area (Å²) in [5.41, 5.74) is 0.402. The van der Waals surface area contributed by atoms with Gasteiger partial charge in [-0.2, -0.15) is 0 Å². The maximum Gasteiger partial charge on any atom is 0.244 e. The molecule has 0 fully saturated rings. The van der Waals surface area contributed by atoms with Crippen LogP contribution in [0.4, 0.5) is 4.39 Å². The molecule has 2 aromatic rings. The standard InChI is InChI=1S/C18H22FN3O.ClH/c1-2-3-8-17-20-11-13-22(17)14-12-21-18(23)10-9-15-6-4-5-7-16(15)19;/h4-7,9-11,13H,2-3,8,12,14H2,1H3,(H,21,23);1H/b10-9+;. The zero-order valence-electron chi connectivity index (χ0n) is 13.7. The number of rotatable bonds is 8. The predicted octanol–water partition coefficient (Wildman–Crippen LogP) is 3.62. The maximum absolute atomic E-state index is 13.4. The molecule has 0 aliphatic rings. The number of unbranched alkanes of at least 4 members (excludes halogenated alkanes) is 1. The second-order valence-corrected chi connectivity index (χ2v) is 5.29. The Morgan fingerprint density at radius 2 is 2.17 bits per heavy atom. The molecule has 4 nitrogen and oxygen atoms in total. The third kappa shape index (κ3) is 6.16. The maximum atomic E-state index is 13.4. The number of hydrogen-bond donors (Lipinski definition) is 1. The van der Waals surface area contributed by atoms with E-state index >= 15 is 0 Å². The second-order valence-electron chi connectivity index (χ2n) is 5.29. The summed E-state index contributed by atoms with van der Waals surface area (Å²) in [5.74, 6) is 0.474. The van der Waals surface area contributed by atoms with Crippen molar-refractivity contribution in [3.05, 3.63) is 59.9 Å².